The van der Waals surface area contributed by atoms with Crippen LogP contribution < -0.4 is 0 Å². The van der Waals surface area contributed by atoms with E-state index in [9.17, 15) is 10.2 Å². The molecule has 0 aliphatic heterocycles. The van der Waals surface area contributed by atoms with E-state index in [0.29, 0.717) is 35.5 Å². The van der Waals surface area contributed by atoms with Crippen molar-refractivity contribution >= 4 is 0 Å². The third-order valence-electron chi connectivity index (χ3n) is 15.9. The summed E-state index contributed by atoms with van der Waals surface area (Å²) in [7, 11) is 0. The smallest absolute Gasteiger partial charge is 0.0602 e. The van der Waals surface area contributed by atoms with Gasteiger partial charge in [-0.15, -0.1) is 0 Å². The van der Waals surface area contributed by atoms with Crippen molar-refractivity contribution in [3.63, 3.8) is 0 Å². The van der Waals surface area contributed by atoms with Crippen molar-refractivity contribution in [2.75, 3.05) is 0 Å². The fourth-order valence-corrected chi connectivity index (χ4v) is 13.6. The number of hydrogen-bond donors (Lipinski definition) is 2. The Morgan fingerprint density at radius 1 is 0.375 bits per heavy atom. The largest absolute Gasteiger partial charge is 0.393 e. The zero-order chi connectivity index (χ0) is 34.2. The van der Waals surface area contributed by atoms with Gasteiger partial charge in [0.05, 0.1) is 12.2 Å². The Kier molecular flexibility index (Phi) is 15.6. The van der Waals surface area contributed by atoms with E-state index in [4.69, 9.17) is 0 Å². The molecule has 4 atom stereocenters. The highest BCUT2D eigenvalue weighted by molar-refractivity contribution is 4.99. The Labute approximate surface area is 309 Å². The van der Waals surface area contributed by atoms with Crippen molar-refractivity contribution in [3.8, 4) is 0 Å². The minimum absolute atomic E-state index is 0. The van der Waals surface area contributed by atoms with Gasteiger partial charge < -0.3 is 10.2 Å². The molecule has 0 spiro atoms. The van der Waals surface area contributed by atoms with E-state index >= 15 is 0 Å². The molecule has 48 heavy (non-hydrogen) atoms. The monoisotopic (exact) mass is 681 g/mol. The molecule has 6 aliphatic carbocycles. The van der Waals surface area contributed by atoms with Gasteiger partial charge in [0.1, 0.15) is 0 Å². The van der Waals surface area contributed by atoms with Crippen LogP contribution in [0.1, 0.15) is 204 Å². The second-order valence-electron chi connectivity index (χ2n) is 20.0. The molecule has 0 aromatic carbocycles. The normalized spacial score (nSPS) is 37.2. The van der Waals surface area contributed by atoms with E-state index in [-0.39, 0.29) is 20.8 Å². The third-order valence-corrected chi connectivity index (χ3v) is 15.9. The fraction of sp³-hybridized carbons (Fsp3) is 1.00. The van der Waals surface area contributed by atoms with Gasteiger partial charge in [0.15, 0.2) is 0 Å². The van der Waals surface area contributed by atoms with Crippen molar-refractivity contribution in [2.45, 2.75) is 208 Å². The minimum Gasteiger partial charge on any atom is -0.393 e. The van der Waals surface area contributed by atoms with Crippen molar-refractivity contribution in [1.29, 1.82) is 0 Å². The average molecular weight is 681 g/mol. The molecule has 2 nitrogen and oxygen atoms in total. The van der Waals surface area contributed by atoms with Crippen LogP contribution in [-0.2, 0) is 0 Å². The first-order valence-electron chi connectivity index (χ1n) is 22.5. The quantitative estimate of drug-likeness (QED) is 0.268. The Bertz CT molecular complexity index is 796. The molecule has 0 heterocycles. The summed E-state index contributed by atoms with van der Waals surface area (Å²) in [4.78, 5) is 0. The summed E-state index contributed by atoms with van der Waals surface area (Å²) in [5.74, 6) is 10.5. The highest BCUT2D eigenvalue weighted by Gasteiger charge is 2.49. The van der Waals surface area contributed by atoms with Gasteiger partial charge in [-0.3, -0.25) is 0 Å². The van der Waals surface area contributed by atoms with Gasteiger partial charge in [0.2, 0.25) is 0 Å². The van der Waals surface area contributed by atoms with Gasteiger partial charge in [-0.2, -0.15) is 0 Å². The minimum atomic E-state index is -0.0637. The lowest BCUT2D eigenvalue weighted by molar-refractivity contribution is -0.100. The van der Waals surface area contributed by atoms with Crippen molar-refractivity contribution in [1.82, 2.24) is 0 Å². The number of aliphatic hydroxyl groups is 2. The van der Waals surface area contributed by atoms with Crippen molar-refractivity contribution in [3.05, 3.63) is 0 Å². The summed E-state index contributed by atoms with van der Waals surface area (Å²) in [5, 5.41) is 22.7. The maximum absolute atomic E-state index is 12.4. The molecule has 0 aromatic rings. The summed E-state index contributed by atoms with van der Waals surface area (Å²) in [6.45, 7) is 13.9. The predicted octanol–water partition coefficient (Wildman–Crippen LogP) is 14.4. The molecule has 0 bridgehead atoms. The van der Waals surface area contributed by atoms with E-state index in [1.165, 1.54) is 154 Å². The van der Waals surface area contributed by atoms with Crippen molar-refractivity contribution < 1.29 is 18.8 Å². The molecule has 6 aliphatic rings. The van der Waals surface area contributed by atoms with Crippen LogP contribution >= 0.6 is 0 Å². The number of hydrogen-bond acceptors (Lipinski definition) is 2. The van der Waals surface area contributed by atoms with E-state index in [1.807, 2.05) is 0 Å². The van der Waals surface area contributed by atoms with Gasteiger partial charge in [-0.05, 0) is 109 Å². The molecule has 2 heteroatoms. The molecule has 4 unspecified atom stereocenters. The van der Waals surface area contributed by atoms with Gasteiger partial charge in [-0.25, -0.2) is 0 Å². The molecule has 6 saturated carbocycles. The summed E-state index contributed by atoms with van der Waals surface area (Å²) in [6, 6.07) is 0. The standard InChI is InChI=1S/C33H58O.C13H26O.6H2/c1-24-22-29(31(25-14-6-2-7-15-25)26-16-8-3-9-17-26)33(34)30(23-24)32(27-18-10-4-11-19-27)28-20-12-5-13-21-28;1-8(2)11-6-10(5)7-12(9(3)4)13(11)14;;;;;;/h24-34H,2-23H2,1H3;8-14H,6-7H2,1-5H3;6*1H. The maximum atomic E-state index is 12.4. The predicted molar refractivity (Wildman–Crippen MR) is 218 cm³/mol. The molecule has 0 radical (unpaired) electrons. The number of aliphatic hydroxyl groups excluding tert-OH is 2. The van der Waals surface area contributed by atoms with Crippen LogP contribution in [0.2, 0.25) is 0 Å². The van der Waals surface area contributed by atoms with Crippen LogP contribution in [0.4, 0.5) is 0 Å². The van der Waals surface area contributed by atoms with E-state index < -0.39 is 0 Å². The van der Waals surface area contributed by atoms with Gasteiger partial charge in [0, 0.05) is 8.56 Å². The SMILES string of the molecule is CC1CC(C(C)C)C(O)C(C(C)C)C1.CC1CC(C(C2CCCCC2)C2CCCCC2)C(O)C(C(C2CCCCC2)C2CCCCC2)C1.[HH].[HH].[HH].[HH].[HH].[HH]. The highest BCUT2D eigenvalue weighted by atomic mass is 16.3. The van der Waals surface area contributed by atoms with E-state index in [2.05, 4.69) is 41.5 Å². The van der Waals surface area contributed by atoms with E-state index in [0.717, 1.165) is 47.3 Å². The Morgan fingerprint density at radius 3 is 0.854 bits per heavy atom. The van der Waals surface area contributed by atoms with Crippen LogP contribution in [-0.4, -0.2) is 22.4 Å². The lowest BCUT2D eigenvalue weighted by Crippen LogP contribution is -2.50. The van der Waals surface area contributed by atoms with Crippen LogP contribution in [0.5, 0.6) is 0 Å². The molecule has 0 saturated heterocycles. The first-order valence-corrected chi connectivity index (χ1v) is 22.5. The Hall–Kier alpha value is -0.0800. The molecule has 6 fully saturated rings. The fourth-order valence-electron chi connectivity index (χ4n) is 13.6. The van der Waals surface area contributed by atoms with Gasteiger partial charge in [-0.1, -0.05) is 170 Å². The lowest BCUT2D eigenvalue weighted by Gasteiger charge is -2.53. The first-order chi connectivity index (χ1) is 23.2. The summed E-state index contributed by atoms with van der Waals surface area (Å²) < 4.78 is 0. The Morgan fingerprint density at radius 2 is 0.604 bits per heavy atom. The zero-order valence-corrected chi connectivity index (χ0v) is 33.1. The highest BCUT2D eigenvalue weighted by Crippen LogP contribution is 2.54. The molecule has 2 N–H and O–H groups in total. The van der Waals surface area contributed by atoms with Crippen LogP contribution in [0.25, 0.3) is 0 Å². The molecular weight excluding hydrogens is 585 g/mol. The van der Waals surface area contributed by atoms with E-state index in [1.54, 1.807) is 0 Å². The maximum Gasteiger partial charge on any atom is 0.0602 e. The summed E-state index contributed by atoms with van der Waals surface area (Å²) >= 11 is 0. The third kappa shape index (κ3) is 10.1. The molecule has 0 amide bonds. The van der Waals surface area contributed by atoms with Crippen molar-refractivity contribution in [2.24, 2.45) is 82.9 Å². The second kappa shape index (κ2) is 19.1. The average Bonchev–Trinajstić information content (AvgIpc) is 3.10. The van der Waals surface area contributed by atoms with Crippen LogP contribution in [0.3, 0.4) is 0 Å². The van der Waals surface area contributed by atoms with Gasteiger partial charge in [0.25, 0.3) is 0 Å². The number of rotatable bonds is 8. The van der Waals surface area contributed by atoms with Crippen LogP contribution in [0, 0.1) is 82.9 Å². The zero-order valence-electron chi connectivity index (χ0n) is 33.1. The molecule has 6 rings (SSSR count). The topological polar surface area (TPSA) is 40.5 Å². The second-order valence-corrected chi connectivity index (χ2v) is 20.0. The molecular formula is C46H96O2. The summed E-state index contributed by atoms with van der Waals surface area (Å²) in [6.07, 6.45) is 34.3. The van der Waals surface area contributed by atoms with Crippen LogP contribution in [0.15, 0.2) is 0 Å². The lowest BCUT2D eigenvalue weighted by atomic mass is 9.54. The first kappa shape index (κ1) is 39.1. The van der Waals surface area contributed by atoms with Gasteiger partial charge >= 0.3 is 0 Å². The summed E-state index contributed by atoms with van der Waals surface area (Å²) in [5.41, 5.74) is 0. The Balaban J connectivity index is 0. The molecule has 292 valence electrons. The molecule has 0 aromatic heterocycles.